The van der Waals surface area contributed by atoms with Gasteiger partial charge in [0.05, 0.1) is 11.3 Å². The summed E-state index contributed by atoms with van der Waals surface area (Å²) < 4.78 is 11.2. The Balaban J connectivity index is 1.60. The van der Waals surface area contributed by atoms with Crippen LogP contribution in [0.25, 0.3) is 5.57 Å². The average Bonchev–Trinajstić information content (AvgIpc) is 3.05. The zero-order chi connectivity index (χ0) is 22.2. The van der Waals surface area contributed by atoms with Crippen molar-refractivity contribution in [1.82, 2.24) is 0 Å². The summed E-state index contributed by atoms with van der Waals surface area (Å²) in [5.74, 6) is 0.368. The molecule has 5 rings (SSSR count). The lowest BCUT2D eigenvalue weighted by Crippen LogP contribution is -2.33. The quantitative estimate of drug-likeness (QED) is 0.582. The van der Waals surface area contributed by atoms with Crippen LogP contribution in [-0.4, -0.2) is 25.0 Å². The molecule has 0 radical (unpaired) electrons. The van der Waals surface area contributed by atoms with Crippen molar-refractivity contribution in [3.8, 4) is 11.5 Å². The number of imide groups is 1. The molecule has 3 aromatic carbocycles. The molecule has 7 heteroatoms. The van der Waals surface area contributed by atoms with E-state index in [9.17, 15) is 9.59 Å². The fourth-order valence-corrected chi connectivity index (χ4v) is 4.01. The van der Waals surface area contributed by atoms with Crippen LogP contribution < -0.4 is 19.7 Å². The molecule has 2 aliphatic heterocycles. The maximum Gasteiger partial charge on any atom is 0.282 e. The summed E-state index contributed by atoms with van der Waals surface area (Å²) in [6, 6.07) is 19.6. The Labute approximate surface area is 190 Å². The number of halogens is 1. The smallest absolute Gasteiger partial charge is 0.282 e. The van der Waals surface area contributed by atoms with Crippen LogP contribution >= 0.6 is 11.6 Å². The largest absolute Gasteiger partial charge is 0.486 e. The summed E-state index contributed by atoms with van der Waals surface area (Å²) in [6.45, 7) is 2.73. The second-order valence-electron chi connectivity index (χ2n) is 7.43. The van der Waals surface area contributed by atoms with Crippen LogP contribution in [0.3, 0.4) is 0 Å². The van der Waals surface area contributed by atoms with Crippen molar-refractivity contribution in [2.75, 3.05) is 23.4 Å². The lowest BCUT2D eigenvalue weighted by atomic mass is 10.0. The summed E-state index contributed by atoms with van der Waals surface area (Å²) in [7, 11) is 0. The Kier molecular flexibility index (Phi) is 5.07. The fraction of sp³-hybridized carbons (Fsp3) is 0.120. The molecule has 2 amide bonds. The van der Waals surface area contributed by atoms with Crippen molar-refractivity contribution in [1.29, 1.82) is 0 Å². The number of anilines is 2. The fourth-order valence-electron chi connectivity index (χ4n) is 3.84. The summed E-state index contributed by atoms with van der Waals surface area (Å²) in [6.07, 6.45) is 0. The van der Waals surface area contributed by atoms with Crippen molar-refractivity contribution >= 4 is 40.4 Å². The van der Waals surface area contributed by atoms with Crippen LogP contribution in [0.4, 0.5) is 11.4 Å². The van der Waals surface area contributed by atoms with Gasteiger partial charge in [0.15, 0.2) is 11.5 Å². The van der Waals surface area contributed by atoms with Gasteiger partial charge in [-0.05, 0) is 42.3 Å². The van der Waals surface area contributed by atoms with Crippen LogP contribution in [0.1, 0.15) is 11.1 Å². The minimum Gasteiger partial charge on any atom is -0.486 e. The van der Waals surface area contributed by atoms with E-state index in [0.717, 1.165) is 0 Å². The molecule has 0 aliphatic carbocycles. The summed E-state index contributed by atoms with van der Waals surface area (Å²) >= 11 is 6.27. The van der Waals surface area contributed by atoms with Gasteiger partial charge in [-0.15, -0.1) is 0 Å². The molecular weight excluding hydrogens is 428 g/mol. The Morgan fingerprint density at radius 2 is 1.62 bits per heavy atom. The van der Waals surface area contributed by atoms with Gasteiger partial charge in [0, 0.05) is 16.8 Å². The first-order valence-corrected chi connectivity index (χ1v) is 10.5. The highest BCUT2D eigenvalue weighted by molar-refractivity contribution is 6.46. The zero-order valence-corrected chi connectivity index (χ0v) is 18.0. The summed E-state index contributed by atoms with van der Waals surface area (Å²) in [5, 5.41) is 3.64. The van der Waals surface area contributed by atoms with E-state index in [4.69, 9.17) is 21.1 Å². The number of carbonyl (C=O) groups excluding carboxylic acids is 2. The first-order chi connectivity index (χ1) is 15.5. The monoisotopic (exact) mass is 446 g/mol. The standard InChI is InChI=1S/C25H19ClN2O4/c1-15-18(26)8-5-9-19(15)28-24(29)22(16-6-3-2-4-7-16)23(25(28)30)27-17-10-11-20-21(14-17)32-13-12-31-20/h2-11,14,27H,12-13H2,1H3. The molecule has 0 atom stereocenters. The SMILES string of the molecule is Cc1c(Cl)cccc1N1C(=O)C(Nc2ccc3c(c2)OCCO3)=C(c2ccccc2)C1=O. The zero-order valence-electron chi connectivity index (χ0n) is 17.2. The number of nitrogens with one attached hydrogen (secondary N) is 1. The van der Waals surface area contributed by atoms with Crippen molar-refractivity contribution in [2.45, 2.75) is 6.92 Å². The lowest BCUT2D eigenvalue weighted by Gasteiger charge is -2.20. The van der Waals surface area contributed by atoms with Crippen molar-refractivity contribution < 1.29 is 19.1 Å². The molecule has 0 fully saturated rings. The summed E-state index contributed by atoms with van der Waals surface area (Å²) in [4.78, 5) is 28.2. The average molecular weight is 447 g/mol. The van der Waals surface area contributed by atoms with E-state index in [0.29, 0.717) is 57.8 Å². The molecule has 1 N–H and O–H groups in total. The molecule has 160 valence electrons. The molecule has 6 nitrogen and oxygen atoms in total. The number of hydrogen-bond donors (Lipinski definition) is 1. The predicted molar refractivity (Wildman–Crippen MR) is 123 cm³/mol. The molecule has 0 bridgehead atoms. The lowest BCUT2D eigenvalue weighted by molar-refractivity contribution is -0.120. The van der Waals surface area contributed by atoms with Gasteiger partial charge in [-0.3, -0.25) is 9.59 Å². The first kappa shape index (κ1) is 20.2. The van der Waals surface area contributed by atoms with E-state index in [1.54, 1.807) is 55.5 Å². The van der Waals surface area contributed by atoms with Crippen LogP contribution in [-0.2, 0) is 9.59 Å². The molecule has 2 aliphatic rings. The molecular formula is C25H19ClN2O4. The van der Waals surface area contributed by atoms with Crippen LogP contribution in [0.5, 0.6) is 11.5 Å². The maximum absolute atomic E-state index is 13.5. The molecule has 32 heavy (non-hydrogen) atoms. The van der Waals surface area contributed by atoms with Gasteiger partial charge in [-0.2, -0.15) is 0 Å². The topological polar surface area (TPSA) is 67.9 Å². The second-order valence-corrected chi connectivity index (χ2v) is 7.84. The Morgan fingerprint density at radius 1 is 0.875 bits per heavy atom. The third-order valence-electron chi connectivity index (χ3n) is 5.44. The number of amides is 2. The summed E-state index contributed by atoms with van der Waals surface area (Å²) in [5.41, 5.74) is 2.86. The second kappa shape index (κ2) is 8.05. The van der Waals surface area contributed by atoms with E-state index < -0.39 is 11.8 Å². The highest BCUT2D eigenvalue weighted by atomic mass is 35.5. The Hall–Kier alpha value is -3.77. The van der Waals surface area contributed by atoms with E-state index in [-0.39, 0.29) is 5.70 Å². The Morgan fingerprint density at radius 3 is 2.41 bits per heavy atom. The first-order valence-electron chi connectivity index (χ1n) is 10.1. The molecule has 0 saturated heterocycles. The molecule has 0 unspecified atom stereocenters. The van der Waals surface area contributed by atoms with E-state index >= 15 is 0 Å². The third kappa shape index (κ3) is 3.39. The number of benzene rings is 3. The maximum atomic E-state index is 13.5. The van der Waals surface area contributed by atoms with Gasteiger partial charge >= 0.3 is 0 Å². The van der Waals surface area contributed by atoms with E-state index in [1.165, 1.54) is 4.90 Å². The van der Waals surface area contributed by atoms with Crippen LogP contribution in [0, 0.1) is 6.92 Å². The molecule has 0 aromatic heterocycles. The minimum atomic E-state index is -0.450. The predicted octanol–water partition coefficient (Wildman–Crippen LogP) is 4.82. The van der Waals surface area contributed by atoms with Crippen LogP contribution in [0.15, 0.2) is 72.4 Å². The Bertz CT molecular complexity index is 1270. The van der Waals surface area contributed by atoms with Gasteiger partial charge in [-0.25, -0.2) is 4.90 Å². The van der Waals surface area contributed by atoms with Crippen molar-refractivity contribution in [3.63, 3.8) is 0 Å². The number of ether oxygens (including phenoxy) is 2. The minimum absolute atomic E-state index is 0.192. The van der Waals surface area contributed by atoms with Gasteiger partial charge in [0.2, 0.25) is 0 Å². The van der Waals surface area contributed by atoms with Gasteiger partial charge in [-0.1, -0.05) is 48.0 Å². The van der Waals surface area contributed by atoms with E-state index in [1.807, 2.05) is 18.2 Å². The number of nitrogens with zero attached hydrogens (tertiary/aromatic N) is 1. The number of fused-ring (bicyclic) bond motifs is 1. The third-order valence-corrected chi connectivity index (χ3v) is 5.85. The van der Waals surface area contributed by atoms with Crippen molar-refractivity contribution in [3.05, 3.63) is 88.6 Å². The molecule has 2 heterocycles. The number of rotatable bonds is 4. The van der Waals surface area contributed by atoms with Gasteiger partial charge in [0.25, 0.3) is 11.8 Å². The van der Waals surface area contributed by atoms with Crippen molar-refractivity contribution in [2.24, 2.45) is 0 Å². The number of hydrogen-bond acceptors (Lipinski definition) is 5. The molecule has 0 saturated carbocycles. The highest BCUT2D eigenvalue weighted by Gasteiger charge is 2.41. The molecule has 3 aromatic rings. The highest BCUT2D eigenvalue weighted by Crippen LogP contribution is 2.38. The van der Waals surface area contributed by atoms with Gasteiger partial charge < -0.3 is 14.8 Å². The number of carbonyl (C=O) groups is 2. The van der Waals surface area contributed by atoms with E-state index in [2.05, 4.69) is 5.32 Å². The van der Waals surface area contributed by atoms with Crippen LogP contribution in [0.2, 0.25) is 5.02 Å². The normalized spacial score (nSPS) is 15.4. The molecule has 0 spiro atoms. The van der Waals surface area contributed by atoms with Gasteiger partial charge in [0.1, 0.15) is 18.9 Å².